The van der Waals surface area contributed by atoms with Crippen molar-refractivity contribution in [2.24, 2.45) is 5.92 Å². The van der Waals surface area contributed by atoms with Crippen LogP contribution in [-0.4, -0.2) is 52.2 Å². The number of piperidine rings is 1. The summed E-state index contributed by atoms with van der Waals surface area (Å²) in [6.07, 6.45) is 1.71. The van der Waals surface area contributed by atoms with E-state index in [-0.39, 0.29) is 40.3 Å². The number of ketones is 1. The molecule has 0 bridgehead atoms. The van der Waals surface area contributed by atoms with Crippen molar-refractivity contribution in [1.29, 1.82) is 0 Å². The molecule has 0 spiro atoms. The van der Waals surface area contributed by atoms with E-state index in [0.717, 1.165) is 6.26 Å². The summed E-state index contributed by atoms with van der Waals surface area (Å²) in [5.41, 5.74) is 0.652. The van der Waals surface area contributed by atoms with Crippen molar-refractivity contribution in [2.75, 3.05) is 24.7 Å². The van der Waals surface area contributed by atoms with Gasteiger partial charge in [-0.15, -0.1) is 0 Å². The van der Waals surface area contributed by atoms with E-state index in [9.17, 15) is 26.4 Å². The Morgan fingerprint density at radius 2 is 1.52 bits per heavy atom. The van der Waals surface area contributed by atoms with Crippen LogP contribution in [-0.2, 0) is 24.7 Å². The van der Waals surface area contributed by atoms with Gasteiger partial charge in [0.15, 0.2) is 15.6 Å². The molecule has 0 unspecified atom stereocenters. The molecule has 1 aliphatic rings. The highest BCUT2D eigenvalue weighted by Gasteiger charge is 2.32. The second kappa shape index (κ2) is 8.89. The van der Waals surface area contributed by atoms with Crippen LogP contribution in [0.5, 0.6) is 0 Å². The first-order valence-corrected chi connectivity index (χ1v) is 13.0. The normalized spacial score (nSPS) is 16.1. The molecule has 166 valence electrons. The number of hydrogen-bond donors (Lipinski definition) is 1. The van der Waals surface area contributed by atoms with Gasteiger partial charge in [-0.05, 0) is 44.0 Å². The summed E-state index contributed by atoms with van der Waals surface area (Å²) in [7, 11) is -7.23. The maximum atomic E-state index is 12.9. The van der Waals surface area contributed by atoms with Crippen LogP contribution in [0.25, 0.3) is 0 Å². The average Bonchev–Trinajstić information content (AvgIpc) is 2.73. The quantitative estimate of drug-likeness (QED) is 0.656. The number of hydrogen-bond acceptors (Lipinski definition) is 6. The second-order valence-corrected chi connectivity index (χ2v) is 11.4. The average molecular weight is 465 g/mol. The van der Waals surface area contributed by atoms with E-state index in [2.05, 4.69) is 5.32 Å². The molecule has 3 rings (SSSR count). The fourth-order valence-electron chi connectivity index (χ4n) is 3.50. The van der Waals surface area contributed by atoms with E-state index in [1.807, 2.05) is 0 Å². The number of nitrogens with one attached hydrogen (secondary N) is 1. The van der Waals surface area contributed by atoms with Gasteiger partial charge in [-0.3, -0.25) is 9.59 Å². The topological polar surface area (TPSA) is 118 Å². The highest BCUT2D eigenvalue weighted by Crippen LogP contribution is 2.27. The predicted molar refractivity (Wildman–Crippen MR) is 116 cm³/mol. The fourth-order valence-corrected chi connectivity index (χ4v) is 5.81. The Morgan fingerprint density at radius 3 is 2.06 bits per heavy atom. The lowest BCUT2D eigenvalue weighted by molar-refractivity contribution is -0.120. The summed E-state index contributed by atoms with van der Waals surface area (Å²) < 4.78 is 50.9. The number of nitrogens with zero attached hydrogens (tertiary/aromatic N) is 1. The van der Waals surface area contributed by atoms with E-state index in [1.54, 1.807) is 12.1 Å². The third-order valence-electron chi connectivity index (χ3n) is 5.27. The van der Waals surface area contributed by atoms with Crippen LogP contribution in [0, 0.1) is 5.92 Å². The Morgan fingerprint density at radius 1 is 0.935 bits per heavy atom. The Labute approximate surface area is 182 Å². The Balaban J connectivity index is 1.67. The number of sulfonamides is 1. The van der Waals surface area contributed by atoms with Gasteiger partial charge in [-0.25, -0.2) is 16.8 Å². The minimum atomic E-state index is -3.73. The SMILES string of the molecule is CC(=O)c1ccc(S(=O)(=O)N2CCC(C(=O)Nc3ccccc3S(C)(=O)=O)CC2)cc1. The van der Waals surface area contributed by atoms with Gasteiger partial charge >= 0.3 is 0 Å². The summed E-state index contributed by atoms with van der Waals surface area (Å²) in [6.45, 7) is 1.75. The zero-order valence-corrected chi connectivity index (χ0v) is 18.9. The molecular formula is C21H24N2O6S2. The van der Waals surface area contributed by atoms with Crippen molar-refractivity contribution in [3.63, 3.8) is 0 Å². The van der Waals surface area contributed by atoms with Crippen LogP contribution in [0.3, 0.4) is 0 Å². The van der Waals surface area contributed by atoms with Gasteiger partial charge in [0, 0.05) is 30.8 Å². The number of sulfone groups is 1. The number of Topliss-reactive ketones (excluding diaryl/α,β-unsaturated/α-hetero) is 1. The number of anilines is 1. The predicted octanol–water partition coefficient (Wildman–Crippen LogP) is 2.33. The molecule has 0 radical (unpaired) electrons. The van der Waals surface area contributed by atoms with Crippen molar-refractivity contribution in [3.8, 4) is 0 Å². The molecule has 1 N–H and O–H groups in total. The van der Waals surface area contributed by atoms with Crippen molar-refractivity contribution >= 4 is 37.2 Å². The maximum Gasteiger partial charge on any atom is 0.243 e. The molecule has 0 saturated carbocycles. The number of carbonyl (C=O) groups excluding carboxylic acids is 2. The van der Waals surface area contributed by atoms with Crippen molar-refractivity contribution in [2.45, 2.75) is 29.6 Å². The van der Waals surface area contributed by atoms with E-state index in [1.165, 1.54) is 47.6 Å². The van der Waals surface area contributed by atoms with Crippen LogP contribution in [0.4, 0.5) is 5.69 Å². The Kier molecular flexibility index (Phi) is 6.63. The first-order chi connectivity index (χ1) is 14.5. The van der Waals surface area contributed by atoms with Gasteiger partial charge in [0.2, 0.25) is 15.9 Å². The van der Waals surface area contributed by atoms with Gasteiger partial charge in [0.25, 0.3) is 0 Å². The highest BCUT2D eigenvalue weighted by atomic mass is 32.2. The number of carbonyl (C=O) groups is 2. The summed E-state index contributed by atoms with van der Waals surface area (Å²) >= 11 is 0. The van der Waals surface area contributed by atoms with Gasteiger partial charge in [-0.1, -0.05) is 24.3 Å². The zero-order valence-electron chi connectivity index (χ0n) is 17.2. The lowest BCUT2D eigenvalue weighted by atomic mass is 9.97. The van der Waals surface area contributed by atoms with Gasteiger partial charge in [-0.2, -0.15) is 4.31 Å². The fraction of sp³-hybridized carbons (Fsp3) is 0.333. The largest absolute Gasteiger partial charge is 0.325 e. The van der Waals surface area contributed by atoms with E-state index in [0.29, 0.717) is 18.4 Å². The molecule has 1 heterocycles. The molecule has 1 saturated heterocycles. The Bertz CT molecular complexity index is 1200. The van der Waals surface area contributed by atoms with Crippen LogP contribution < -0.4 is 5.32 Å². The molecule has 8 nitrogen and oxygen atoms in total. The molecule has 1 aliphatic heterocycles. The molecule has 2 aromatic rings. The van der Waals surface area contributed by atoms with Crippen LogP contribution in [0.2, 0.25) is 0 Å². The first kappa shape index (κ1) is 23.1. The third kappa shape index (κ3) is 5.20. The van der Waals surface area contributed by atoms with Crippen molar-refractivity contribution < 1.29 is 26.4 Å². The summed E-state index contributed by atoms with van der Waals surface area (Å²) in [5.74, 6) is -0.911. The van der Waals surface area contributed by atoms with Gasteiger partial charge in [0.05, 0.1) is 15.5 Å². The molecule has 31 heavy (non-hydrogen) atoms. The number of amides is 1. The van der Waals surface area contributed by atoms with E-state index < -0.39 is 25.8 Å². The second-order valence-electron chi connectivity index (χ2n) is 7.52. The van der Waals surface area contributed by atoms with Gasteiger partial charge in [0.1, 0.15) is 0 Å². The molecule has 2 aromatic carbocycles. The zero-order chi connectivity index (χ0) is 22.8. The van der Waals surface area contributed by atoms with Crippen LogP contribution in [0.1, 0.15) is 30.1 Å². The van der Waals surface area contributed by atoms with E-state index >= 15 is 0 Å². The molecule has 1 fully saturated rings. The Hall–Kier alpha value is -2.56. The number of para-hydroxylation sites is 1. The summed E-state index contributed by atoms with van der Waals surface area (Å²) in [4.78, 5) is 24.2. The standard InChI is InChI=1S/C21H24N2O6S2/c1-15(24)16-7-9-18(10-8-16)31(28,29)23-13-11-17(12-14-23)21(25)22-19-5-3-4-6-20(19)30(2,26)27/h3-10,17H,11-14H2,1-2H3,(H,22,25). The maximum absolute atomic E-state index is 12.9. The monoisotopic (exact) mass is 464 g/mol. The molecular weight excluding hydrogens is 440 g/mol. The molecule has 0 atom stereocenters. The summed E-state index contributed by atoms with van der Waals surface area (Å²) in [6, 6.07) is 12.0. The van der Waals surface area contributed by atoms with Crippen LogP contribution >= 0.6 is 0 Å². The lowest BCUT2D eigenvalue weighted by Gasteiger charge is -2.30. The van der Waals surface area contributed by atoms with Crippen molar-refractivity contribution in [1.82, 2.24) is 4.31 Å². The highest BCUT2D eigenvalue weighted by molar-refractivity contribution is 7.91. The third-order valence-corrected chi connectivity index (χ3v) is 8.34. The molecule has 1 amide bonds. The van der Waals surface area contributed by atoms with E-state index in [4.69, 9.17) is 0 Å². The number of rotatable bonds is 6. The summed E-state index contributed by atoms with van der Waals surface area (Å²) in [5, 5.41) is 2.67. The number of benzene rings is 2. The molecule has 0 aliphatic carbocycles. The minimum Gasteiger partial charge on any atom is -0.325 e. The first-order valence-electron chi connectivity index (χ1n) is 9.71. The van der Waals surface area contributed by atoms with Crippen LogP contribution in [0.15, 0.2) is 58.3 Å². The minimum absolute atomic E-state index is 0.0392. The lowest BCUT2D eigenvalue weighted by Crippen LogP contribution is -2.41. The smallest absolute Gasteiger partial charge is 0.243 e. The molecule has 0 aromatic heterocycles. The molecule has 10 heteroatoms. The van der Waals surface area contributed by atoms with Crippen molar-refractivity contribution in [3.05, 3.63) is 54.1 Å². The van der Waals surface area contributed by atoms with Gasteiger partial charge < -0.3 is 5.32 Å².